The molecule has 0 spiro atoms. The SMILES string of the molecule is C.C=C1N=C(N)C(C)=CN1C(C)C.C=C1N=C(N)C(C)=CN1C(C)C.C=C1NC(=O)C(C)=CN1C(C)C.C=C1NC(=O)C(C)=CN1C(C)C. The molecule has 272 valence electrons. The Morgan fingerprint density at radius 3 is 1.02 bits per heavy atom. The Kier molecular flexibility index (Phi) is 17.2. The van der Waals surface area contributed by atoms with E-state index in [9.17, 15) is 9.59 Å². The zero-order valence-electron chi connectivity index (χ0n) is 31.1. The second-order valence-electron chi connectivity index (χ2n) is 12.9. The molecular formula is C37H62N10O2. The Hall–Kier alpha value is -5.00. The molecule has 4 rings (SSSR count). The van der Waals surface area contributed by atoms with Gasteiger partial charge in [0, 0.05) is 71.3 Å². The van der Waals surface area contributed by atoms with Crippen LogP contribution in [-0.4, -0.2) is 67.3 Å². The molecule has 2 amide bonds. The minimum Gasteiger partial charge on any atom is -0.383 e. The third kappa shape index (κ3) is 12.9. The summed E-state index contributed by atoms with van der Waals surface area (Å²) in [6.45, 7) is 39.2. The van der Waals surface area contributed by atoms with E-state index in [-0.39, 0.29) is 19.2 Å². The summed E-state index contributed by atoms with van der Waals surface area (Å²) in [6, 6.07) is 1.41. The highest BCUT2D eigenvalue weighted by Gasteiger charge is 2.20. The normalized spacial score (nSPS) is 17.6. The number of nitrogens with zero attached hydrogens (tertiary/aromatic N) is 6. The highest BCUT2D eigenvalue weighted by Crippen LogP contribution is 2.18. The van der Waals surface area contributed by atoms with Gasteiger partial charge in [-0.15, -0.1) is 0 Å². The summed E-state index contributed by atoms with van der Waals surface area (Å²) in [7, 11) is 0. The molecule has 0 fully saturated rings. The molecule has 4 aliphatic rings. The molecule has 0 aliphatic carbocycles. The van der Waals surface area contributed by atoms with E-state index in [4.69, 9.17) is 11.5 Å². The zero-order valence-corrected chi connectivity index (χ0v) is 31.1. The average Bonchev–Trinajstić information content (AvgIpc) is 2.97. The molecule has 0 bridgehead atoms. The Morgan fingerprint density at radius 1 is 0.531 bits per heavy atom. The van der Waals surface area contributed by atoms with E-state index in [1.54, 1.807) is 13.8 Å². The maximum absolute atomic E-state index is 11.1. The summed E-state index contributed by atoms with van der Waals surface area (Å²) in [5.74, 6) is 3.75. The van der Waals surface area contributed by atoms with Crippen LogP contribution in [0.15, 0.2) is 107 Å². The molecule has 12 nitrogen and oxygen atoms in total. The number of nitrogens with two attached hydrogens (primary N) is 2. The number of hydrogen-bond donors (Lipinski definition) is 4. The lowest BCUT2D eigenvalue weighted by atomic mass is 10.2. The Bertz CT molecular complexity index is 1350. The van der Waals surface area contributed by atoms with E-state index in [0.717, 1.165) is 22.3 Å². The number of carbonyl (C=O) groups excluding carboxylic acids is 2. The van der Waals surface area contributed by atoms with Gasteiger partial charge in [-0.25, -0.2) is 9.98 Å². The smallest absolute Gasteiger partial charge is 0.253 e. The van der Waals surface area contributed by atoms with Gasteiger partial charge in [0.2, 0.25) is 0 Å². The van der Waals surface area contributed by atoms with Gasteiger partial charge in [0.25, 0.3) is 11.8 Å². The zero-order chi connectivity index (χ0) is 37.2. The van der Waals surface area contributed by atoms with Crippen LogP contribution in [0.5, 0.6) is 0 Å². The van der Waals surface area contributed by atoms with Crippen LogP contribution in [0.25, 0.3) is 0 Å². The molecule has 4 heterocycles. The highest BCUT2D eigenvalue weighted by atomic mass is 16.2. The lowest BCUT2D eigenvalue weighted by Gasteiger charge is -2.31. The summed E-state index contributed by atoms with van der Waals surface area (Å²) in [4.78, 5) is 38.4. The first-order valence-corrected chi connectivity index (χ1v) is 16.0. The van der Waals surface area contributed by atoms with E-state index in [0.29, 0.717) is 59.1 Å². The van der Waals surface area contributed by atoms with Crippen molar-refractivity contribution in [2.75, 3.05) is 0 Å². The summed E-state index contributed by atoms with van der Waals surface area (Å²) in [6.07, 6.45) is 7.61. The first kappa shape index (κ1) is 44.0. The standard InChI is InChI=1S/2C9H15N3.2C9H14N2O.CH4/c2*1-6(2)12-5-7(3)9(10)11-8(12)4;2*1-6(2)11-5-7(3)9(12)10-8(11)4;/h2*5-6H,4H2,1-3H3,(H2,10,11);2*5-6H,4H2,1-3H3,(H,10,12);1H4. The van der Waals surface area contributed by atoms with E-state index < -0.39 is 0 Å². The fourth-order valence-electron chi connectivity index (χ4n) is 4.36. The van der Waals surface area contributed by atoms with Crippen LogP contribution in [0, 0.1) is 0 Å². The third-order valence-corrected chi connectivity index (χ3v) is 7.31. The monoisotopic (exact) mass is 679 g/mol. The molecule has 6 N–H and O–H groups in total. The van der Waals surface area contributed by atoms with Crippen molar-refractivity contribution in [1.29, 1.82) is 0 Å². The molecule has 0 radical (unpaired) electrons. The molecule has 0 aromatic heterocycles. The van der Waals surface area contributed by atoms with Crippen LogP contribution in [0.4, 0.5) is 0 Å². The van der Waals surface area contributed by atoms with E-state index in [1.165, 1.54) is 0 Å². The van der Waals surface area contributed by atoms with E-state index in [2.05, 4.69) is 74.6 Å². The Labute approximate surface area is 295 Å². The third-order valence-electron chi connectivity index (χ3n) is 7.31. The number of carbonyl (C=O) groups is 2. The van der Waals surface area contributed by atoms with Crippen LogP contribution in [0.1, 0.15) is 90.5 Å². The first-order chi connectivity index (χ1) is 22.1. The van der Waals surface area contributed by atoms with E-state index in [1.807, 2.05) is 85.9 Å². The van der Waals surface area contributed by atoms with Crippen LogP contribution in [0.2, 0.25) is 0 Å². The molecule has 0 aromatic rings. The van der Waals surface area contributed by atoms with Crippen molar-refractivity contribution >= 4 is 23.5 Å². The minimum absolute atomic E-state index is 0. The van der Waals surface area contributed by atoms with Crippen molar-refractivity contribution in [1.82, 2.24) is 30.2 Å². The molecule has 4 aliphatic heterocycles. The van der Waals surface area contributed by atoms with Crippen LogP contribution >= 0.6 is 0 Å². The number of aliphatic imine (C=N–C) groups is 2. The fourth-order valence-corrected chi connectivity index (χ4v) is 4.36. The number of nitrogens with one attached hydrogen (secondary N) is 2. The molecule has 49 heavy (non-hydrogen) atoms. The largest absolute Gasteiger partial charge is 0.383 e. The Morgan fingerprint density at radius 2 is 0.776 bits per heavy atom. The molecule has 0 saturated heterocycles. The lowest BCUT2D eigenvalue weighted by Crippen LogP contribution is -2.40. The van der Waals surface area contributed by atoms with Gasteiger partial charge in [0.15, 0.2) is 0 Å². The quantitative estimate of drug-likeness (QED) is 0.286. The van der Waals surface area contributed by atoms with Gasteiger partial charge in [0.05, 0.1) is 0 Å². The topological polar surface area (TPSA) is 148 Å². The maximum Gasteiger partial charge on any atom is 0.253 e. The van der Waals surface area contributed by atoms with Crippen molar-refractivity contribution in [2.24, 2.45) is 21.5 Å². The molecule has 0 unspecified atom stereocenters. The molecule has 12 heteroatoms. The van der Waals surface area contributed by atoms with Crippen molar-refractivity contribution in [3.8, 4) is 0 Å². The van der Waals surface area contributed by atoms with Gasteiger partial charge in [-0.3, -0.25) is 9.59 Å². The van der Waals surface area contributed by atoms with Crippen molar-refractivity contribution in [2.45, 2.75) is 115 Å². The van der Waals surface area contributed by atoms with Gasteiger partial charge >= 0.3 is 0 Å². The second kappa shape index (κ2) is 19.1. The lowest BCUT2D eigenvalue weighted by molar-refractivity contribution is -0.118. The van der Waals surface area contributed by atoms with Crippen molar-refractivity contribution in [3.05, 3.63) is 96.7 Å². The number of amidine groups is 2. The van der Waals surface area contributed by atoms with Crippen molar-refractivity contribution < 1.29 is 9.59 Å². The number of hydrogen-bond acceptors (Lipinski definition) is 10. The van der Waals surface area contributed by atoms with Crippen LogP contribution in [-0.2, 0) is 9.59 Å². The van der Waals surface area contributed by atoms with Crippen LogP contribution in [0.3, 0.4) is 0 Å². The number of rotatable bonds is 4. The minimum atomic E-state index is -0.0584. The van der Waals surface area contributed by atoms with Gasteiger partial charge < -0.3 is 41.7 Å². The molecule has 0 saturated carbocycles. The second-order valence-corrected chi connectivity index (χ2v) is 12.9. The number of amides is 2. The summed E-state index contributed by atoms with van der Waals surface area (Å²) < 4.78 is 0. The van der Waals surface area contributed by atoms with Gasteiger partial charge in [-0.05, 0) is 83.1 Å². The summed E-state index contributed by atoms with van der Waals surface area (Å²) in [5, 5.41) is 5.37. The fraction of sp³-hybridized carbons (Fsp3) is 0.459. The predicted molar refractivity (Wildman–Crippen MR) is 206 cm³/mol. The van der Waals surface area contributed by atoms with Gasteiger partial charge in [-0.1, -0.05) is 33.7 Å². The maximum atomic E-state index is 11.1. The molecule has 0 aromatic carbocycles. The average molecular weight is 679 g/mol. The molecular weight excluding hydrogens is 616 g/mol. The highest BCUT2D eigenvalue weighted by molar-refractivity contribution is 5.98. The van der Waals surface area contributed by atoms with Crippen molar-refractivity contribution in [3.63, 3.8) is 0 Å². The van der Waals surface area contributed by atoms with Gasteiger partial charge in [0.1, 0.15) is 35.0 Å². The first-order valence-electron chi connectivity index (χ1n) is 16.0. The summed E-state index contributed by atoms with van der Waals surface area (Å²) >= 11 is 0. The predicted octanol–water partition coefficient (Wildman–Crippen LogP) is 5.92. The van der Waals surface area contributed by atoms with Crippen LogP contribution < -0.4 is 22.1 Å². The summed E-state index contributed by atoms with van der Waals surface area (Å²) in [5.41, 5.74) is 14.7. The Balaban J connectivity index is 0.000000623. The van der Waals surface area contributed by atoms with Gasteiger partial charge in [-0.2, -0.15) is 0 Å². The molecule has 0 atom stereocenters. The van der Waals surface area contributed by atoms with E-state index >= 15 is 0 Å².